The van der Waals surface area contributed by atoms with Crippen molar-refractivity contribution in [2.24, 2.45) is 5.92 Å². The second-order valence-corrected chi connectivity index (χ2v) is 5.41. The van der Waals surface area contributed by atoms with Crippen molar-refractivity contribution in [1.82, 2.24) is 0 Å². The molecular formula is C16H24N2O3. The van der Waals surface area contributed by atoms with E-state index in [0.717, 1.165) is 31.7 Å². The Morgan fingerprint density at radius 2 is 2.19 bits per heavy atom. The number of rotatable bonds is 5. The fourth-order valence-electron chi connectivity index (χ4n) is 2.64. The van der Waals surface area contributed by atoms with Crippen molar-refractivity contribution < 1.29 is 14.3 Å². The maximum atomic E-state index is 12.0. The van der Waals surface area contributed by atoms with Crippen LogP contribution in [0.1, 0.15) is 37.0 Å². The van der Waals surface area contributed by atoms with Crippen molar-refractivity contribution in [2.45, 2.75) is 32.7 Å². The van der Waals surface area contributed by atoms with Gasteiger partial charge in [0.05, 0.1) is 12.2 Å². The zero-order chi connectivity index (χ0) is 15.2. The van der Waals surface area contributed by atoms with E-state index in [1.807, 2.05) is 6.07 Å². The van der Waals surface area contributed by atoms with Crippen LogP contribution in [0.4, 0.5) is 11.4 Å². The second kappa shape index (κ2) is 7.31. The van der Waals surface area contributed by atoms with Gasteiger partial charge >= 0.3 is 5.97 Å². The van der Waals surface area contributed by atoms with Gasteiger partial charge < -0.3 is 20.5 Å². The van der Waals surface area contributed by atoms with Gasteiger partial charge in [-0.1, -0.05) is 0 Å². The average molecular weight is 292 g/mol. The standard InChI is InChI=1S/C16H24N2O3/c1-3-21-16(19)14-10-13(17)4-5-15(14)18-11(2)12-6-8-20-9-7-12/h4-5,10-12,18H,3,6-9,17H2,1-2H3. The summed E-state index contributed by atoms with van der Waals surface area (Å²) < 4.78 is 10.5. The highest BCUT2D eigenvalue weighted by Crippen LogP contribution is 2.25. The molecule has 1 atom stereocenters. The van der Waals surface area contributed by atoms with Crippen LogP contribution >= 0.6 is 0 Å². The Labute approximate surface area is 125 Å². The molecule has 0 amide bonds. The number of nitrogens with one attached hydrogen (secondary N) is 1. The van der Waals surface area contributed by atoms with Gasteiger partial charge in [-0.3, -0.25) is 0 Å². The summed E-state index contributed by atoms with van der Waals surface area (Å²) in [6.07, 6.45) is 2.08. The molecule has 5 nitrogen and oxygen atoms in total. The zero-order valence-electron chi connectivity index (χ0n) is 12.7. The summed E-state index contributed by atoms with van der Waals surface area (Å²) >= 11 is 0. The number of hydrogen-bond donors (Lipinski definition) is 2. The maximum absolute atomic E-state index is 12.0. The number of benzene rings is 1. The summed E-state index contributed by atoms with van der Waals surface area (Å²) in [5, 5.41) is 3.43. The van der Waals surface area contributed by atoms with Crippen molar-refractivity contribution in [1.29, 1.82) is 0 Å². The van der Waals surface area contributed by atoms with Crippen LogP contribution in [-0.2, 0) is 9.47 Å². The van der Waals surface area contributed by atoms with E-state index >= 15 is 0 Å². The van der Waals surface area contributed by atoms with Gasteiger partial charge in [0.15, 0.2) is 0 Å². The Kier molecular flexibility index (Phi) is 5.44. The lowest BCUT2D eigenvalue weighted by molar-refractivity contribution is 0.0526. The summed E-state index contributed by atoms with van der Waals surface area (Å²) in [6.45, 7) is 5.90. The first kappa shape index (κ1) is 15.6. The molecule has 0 radical (unpaired) electrons. The highest BCUT2D eigenvalue weighted by Gasteiger charge is 2.22. The predicted molar refractivity (Wildman–Crippen MR) is 83.4 cm³/mol. The van der Waals surface area contributed by atoms with Gasteiger partial charge in [-0.25, -0.2) is 4.79 Å². The smallest absolute Gasteiger partial charge is 0.340 e. The molecule has 0 aliphatic carbocycles. The molecule has 0 spiro atoms. The molecule has 1 saturated heterocycles. The van der Waals surface area contributed by atoms with Gasteiger partial charge in [-0.05, 0) is 50.8 Å². The second-order valence-electron chi connectivity index (χ2n) is 5.41. The summed E-state index contributed by atoms with van der Waals surface area (Å²) in [6, 6.07) is 5.57. The number of carbonyl (C=O) groups is 1. The van der Waals surface area contributed by atoms with E-state index < -0.39 is 0 Å². The van der Waals surface area contributed by atoms with E-state index in [0.29, 0.717) is 23.8 Å². The molecule has 2 rings (SSSR count). The monoisotopic (exact) mass is 292 g/mol. The molecular weight excluding hydrogens is 268 g/mol. The maximum Gasteiger partial charge on any atom is 0.340 e. The Morgan fingerprint density at radius 1 is 1.48 bits per heavy atom. The van der Waals surface area contributed by atoms with Crippen LogP contribution in [0.3, 0.4) is 0 Å². The van der Waals surface area contributed by atoms with Gasteiger partial charge in [0, 0.05) is 30.6 Å². The van der Waals surface area contributed by atoms with Crippen molar-refractivity contribution in [2.75, 3.05) is 30.9 Å². The summed E-state index contributed by atoms with van der Waals surface area (Å²) in [7, 11) is 0. The SMILES string of the molecule is CCOC(=O)c1cc(N)ccc1NC(C)C1CCOCC1. The lowest BCUT2D eigenvalue weighted by Crippen LogP contribution is -2.31. The predicted octanol–water partition coefficient (Wildman–Crippen LogP) is 2.67. The molecule has 1 aromatic rings. The van der Waals surface area contributed by atoms with E-state index in [4.69, 9.17) is 15.2 Å². The number of anilines is 2. The lowest BCUT2D eigenvalue weighted by atomic mass is 9.92. The zero-order valence-corrected chi connectivity index (χ0v) is 12.7. The molecule has 116 valence electrons. The molecule has 0 aromatic heterocycles. The quantitative estimate of drug-likeness (QED) is 0.645. The van der Waals surface area contributed by atoms with Crippen LogP contribution < -0.4 is 11.1 Å². The topological polar surface area (TPSA) is 73.6 Å². The van der Waals surface area contributed by atoms with Crippen LogP contribution in [0.15, 0.2) is 18.2 Å². The third kappa shape index (κ3) is 4.11. The van der Waals surface area contributed by atoms with Gasteiger partial charge in [0.2, 0.25) is 0 Å². The first-order valence-electron chi connectivity index (χ1n) is 7.52. The third-order valence-corrected chi connectivity index (χ3v) is 3.90. The average Bonchev–Trinajstić information content (AvgIpc) is 2.50. The van der Waals surface area contributed by atoms with Crippen LogP contribution in [0.2, 0.25) is 0 Å². The molecule has 1 fully saturated rings. The molecule has 1 aromatic carbocycles. The fraction of sp³-hybridized carbons (Fsp3) is 0.562. The molecule has 1 aliphatic heterocycles. The molecule has 0 saturated carbocycles. The Morgan fingerprint density at radius 3 is 2.86 bits per heavy atom. The fourth-order valence-corrected chi connectivity index (χ4v) is 2.64. The van der Waals surface area contributed by atoms with Crippen LogP contribution in [0.25, 0.3) is 0 Å². The third-order valence-electron chi connectivity index (χ3n) is 3.90. The molecule has 1 heterocycles. The summed E-state index contributed by atoms with van der Waals surface area (Å²) in [4.78, 5) is 12.0. The molecule has 21 heavy (non-hydrogen) atoms. The number of carbonyl (C=O) groups excluding carboxylic acids is 1. The molecule has 5 heteroatoms. The number of esters is 1. The van der Waals surface area contributed by atoms with E-state index in [1.165, 1.54) is 0 Å². The lowest BCUT2D eigenvalue weighted by Gasteiger charge is -2.29. The Bertz CT molecular complexity index is 484. The first-order valence-corrected chi connectivity index (χ1v) is 7.52. The largest absolute Gasteiger partial charge is 0.462 e. The highest BCUT2D eigenvalue weighted by atomic mass is 16.5. The molecule has 0 bridgehead atoms. The Balaban J connectivity index is 2.12. The van der Waals surface area contributed by atoms with E-state index in [-0.39, 0.29) is 12.0 Å². The van der Waals surface area contributed by atoms with Crippen molar-refractivity contribution >= 4 is 17.3 Å². The summed E-state index contributed by atoms with van der Waals surface area (Å²) in [5.74, 6) is 0.206. The normalized spacial score (nSPS) is 17.2. The van der Waals surface area contributed by atoms with Crippen molar-refractivity contribution in [3.8, 4) is 0 Å². The minimum Gasteiger partial charge on any atom is -0.462 e. The number of hydrogen-bond acceptors (Lipinski definition) is 5. The summed E-state index contributed by atoms with van der Waals surface area (Å²) in [5.41, 5.74) is 7.62. The molecule has 1 aliphatic rings. The van der Waals surface area contributed by atoms with Gasteiger partial charge in [0.1, 0.15) is 0 Å². The Hall–Kier alpha value is -1.75. The van der Waals surface area contributed by atoms with E-state index in [9.17, 15) is 4.79 Å². The van der Waals surface area contributed by atoms with Crippen molar-refractivity contribution in [3.63, 3.8) is 0 Å². The minimum atomic E-state index is -0.341. The van der Waals surface area contributed by atoms with Gasteiger partial charge in [-0.15, -0.1) is 0 Å². The van der Waals surface area contributed by atoms with Gasteiger partial charge in [0.25, 0.3) is 0 Å². The minimum absolute atomic E-state index is 0.269. The van der Waals surface area contributed by atoms with Crippen molar-refractivity contribution in [3.05, 3.63) is 23.8 Å². The van der Waals surface area contributed by atoms with E-state index in [1.54, 1.807) is 19.1 Å². The van der Waals surface area contributed by atoms with Crippen LogP contribution in [0, 0.1) is 5.92 Å². The first-order chi connectivity index (χ1) is 10.1. The van der Waals surface area contributed by atoms with Gasteiger partial charge in [-0.2, -0.15) is 0 Å². The molecule has 1 unspecified atom stereocenters. The number of nitrogen functional groups attached to an aromatic ring is 1. The number of ether oxygens (including phenoxy) is 2. The van der Waals surface area contributed by atoms with Crippen LogP contribution in [-0.4, -0.2) is 31.8 Å². The van der Waals surface area contributed by atoms with Crippen LogP contribution in [0.5, 0.6) is 0 Å². The van der Waals surface area contributed by atoms with E-state index in [2.05, 4.69) is 12.2 Å². The highest BCUT2D eigenvalue weighted by molar-refractivity contribution is 5.96. The number of nitrogens with two attached hydrogens (primary N) is 1. The molecule has 3 N–H and O–H groups in total.